The number of epoxide rings is 2. The van der Waals surface area contributed by atoms with Gasteiger partial charge >= 0.3 is 0 Å². The van der Waals surface area contributed by atoms with Gasteiger partial charge in [0.05, 0.1) is 25.4 Å². The third-order valence-electron chi connectivity index (χ3n) is 4.89. The van der Waals surface area contributed by atoms with Gasteiger partial charge in [-0.05, 0) is 39.8 Å². The molecule has 0 radical (unpaired) electrons. The van der Waals surface area contributed by atoms with E-state index in [9.17, 15) is 0 Å². The van der Waals surface area contributed by atoms with E-state index in [1.165, 1.54) is 33.4 Å². The Morgan fingerprint density at radius 1 is 0.857 bits per heavy atom. The van der Waals surface area contributed by atoms with Crippen LogP contribution in [-0.2, 0) is 28.7 Å². The molecule has 2 saturated heterocycles. The second-order valence-corrected chi connectivity index (χ2v) is 6.38. The Labute approximate surface area is 124 Å². The summed E-state index contributed by atoms with van der Waals surface area (Å²) in [4.78, 5) is 0. The summed E-state index contributed by atoms with van der Waals surface area (Å²) < 4.78 is 10.9. The van der Waals surface area contributed by atoms with Crippen molar-refractivity contribution in [3.63, 3.8) is 0 Å². The predicted octanol–water partition coefficient (Wildman–Crippen LogP) is 3.14. The molecule has 2 aromatic rings. The molecule has 2 heteroatoms. The molecule has 106 valence electrons. The number of rotatable bonds is 4. The lowest BCUT2D eigenvalue weighted by Gasteiger charge is -2.13. The van der Waals surface area contributed by atoms with E-state index in [4.69, 9.17) is 9.47 Å². The maximum absolute atomic E-state index is 5.49. The van der Waals surface area contributed by atoms with Crippen LogP contribution in [0.2, 0.25) is 0 Å². The molecule has 2 unspecified atom stereocenters. The van der Waals surface area contributed by atoms with Gasteiger partial charge in [-0.2, -0.15) is 0 Å². The molecule has 2 heterocycles. The summed E-state index contributed by atoms with van der Waals surface area (Å²) in [6, 6.07) is 13.4. The van der Waals surface area contributed by atoms with Crippen LogP contribution in [0.15, 0.2) is 36.4 Å². The molecular formula is C19H18O2. The van der Waals surface area contributed by atoms with Crippen molar-refractivity contribution in [2.24, 2.45) is 0 Å². The minimum atomic E-state index is 0.444. The van der Waals surface area contributed by atoms with Crippen molar-refractivity contribution in [2.45, 2.75) is 31.5 Å². The van der Waals surface area contributed by atoms with Gasteiger partial charge in [-0.15, -0.1) is 0 Å². The highest BCUT2D eigenvalue weighted by Crippen LogP contribution is 2.41. The van der Waals surface area contributed by atoms with E-state index in [1.807, 2.05) is 0 Å². The largest absolute Gasteiger partial charge is 0.373 e. The first kappa shape index (κ1) is 12.0. The number of ether oxygens (including phenoxy) is 2. The van der Waals surface area contributed by atoms with Crippen LogP contribution in [-0.4, -0.2) is 25.4 Å². The lowest BCUT2D eigenvalue weighted by molar-refractivity contribution is 0.401. The fourth-order valence-corrected chi connectivity index (χ4v) is 3.61. The molecule has 2 aromatic carbocycles. The standard InChI is InChI=1S/C19H18O2/c1-2-4-16-12(3-1)8-19-17(16)6-5-13(7-14-10-20-14)18(19)9-15-11-21-15/h1-6,14-15H,7-11H2. The van der Waals surface area contributed by atoms with Crippen molar-refractivity contribution in [1.82, 2.24) is 0 Å². The van der Waals surface area contributed by atoms with Crippen LogP contribution in [0.4, 0.5) is 0 Å². The van der Waals surface area contributed by atoms with Crippen molar-refractivity contribution in [3.05, 3.63) is 58.7 Å². The van der Waals surface area contributed by atoms with E-state index < -0.39 is 0 Å². The van der Waals surface area contributed by atoms with Crippen LogP contribution in [0.3, 0.4) is 0 Å². The van der Waals surface area contributed by atoms with Gasteiger partial charge in [-0.1, -0.05) is 36.4 Å². The monoisotopic (exact) mass is 278 g/mol. The molecule has 0 bridgehead atoms. The van der Waals surface area contributed by atoms with E-state index in [0.29, 0.717) is 12.2 Å². The molecule has 1 aliphatic carbocycles. The first-order valence-corrected chi connectivity index (χ1v) is 7.83. The van der Waals surface area contributed by atoms with Crippen molar-refractivity contribution in [3.8, 4) is 11.1 Å². The molecule has 2 nitrogen and oxygen atoms in total. The summed E-state index contributed by atoms with van der Waals surface area (Å²) >= 11 is 0. The third kappa shape index (κ3) is 2.10. The summed E-state index contributed by atoms with van der Waals surface area (Å²) in [7, 11) is 0. The van der Waals surface area contributed by atoms with Gasteiger partial charge in [0, 0.05) is 12.8 Å². The number of benzene rings is 2. The molecule has 5 rings (SSSR count). The maximum atomic E-state index is 5.49. The molecule has 0 spiro atoms. The molecule has 21 heavy (non-hydrogen) atoms. The fraction of sp³-hybridized carbons (Fsp3) is 0.368. The zero-order valence-electron chi connectivity index (χ0n) is 12.0. The minimum Gasteiger partial charge on any atom is -0.373 e. The highest BCUT2D eigenvalue weighted by atomic mass is 16.6. The van der Waals surface area contributed by atoms with E-state index >= 15 is 0 Å². The zero-order chi connectivity index (χ0) is 13.8. The predicted molar refractivity (Wildman–Crippen MR) is 81.6 cm³/mol. The molecule has 2 atom stereocenters. The lowest BCUT2D eigenvalue weighted by Crippen LogP contribution is -2.06. The average molecular weight is 278 g/mol. The molecule has 0 aromatic heterocycles. The summed E-state index contributed by atoms with van der Waals surface area (Å²) in [5.74, 6) is 0. The molecule has 2 fully saturated rings. The van der Waals surface area contributed by atoms with Crippen LogP contribution in [0.1, 0.15) is 22.3 Å². The SMILES string of the molecule is c1ccc2c(c1)Cc1c-2ccc(CC2CO2)c1CC1CO1. The Kier molecular flexibility index (Phi) is 2.52. The Morgan fingerprint density at radius 2 is 1.62 bits per heavy atom. The van der Waals surface area contributed by atoms with Crippen molar-refractivity contribution >= 4 is 0 Å². The Morgan fingerprint density at radius 3 is 2.43 bits per heavy atom. The van der Waals surface area contributed by atoms with Crippen LogP contribution in [0.25, 0.3) is 11.1 Å². The first-order valence-electron chi connectivity index (χ1n) is 7.83. The molecule has 0 N–H and O–H groups in total. The number of hydrogen-bond donors (Lipinski definition) is 0. The van der Waals surface area contributed by atoms with Gasteiger partial charge in [0.1, 0.15) is 0 Å². The highest BCUT2D eigenvalue weighted by Gasteiger charge is 2.31. The molecular weight excluding hydrogens is 260 g/mol. The van der Waals surface area contributed by atoms with Crippen molar-refractivity contribution < 1.29 is 9.47 Å². The molecule has 3 aliphatic rings. The summed E-state index contributed by atoms with van der Waals surface area (Å²) in [6.45, 7) is 1.85. The molecule has 2 aliphatic heterocycles. The van der Waals surface area contributed by atoms with Gasteiger partial charge in [-0.3, -0.25) is 0 Å². The number of fused-ring (bicyclic) bond motifs is 3. The van der Waals surface area contributed by atoms with Gasteiger partial charge in [-0.25, -0.2) is 0 Å². The highest BCUT2D eigenvalue weighted by molar-refractivity contribution is 5.78. The third-order valence-corrected chi connectivity index (χ3v) is 4.89. The first-order chi connectivity index (χ1) is 10.4. The quantitative estimate of drug-likeness (QED) is 0.685. The number of hydrogen-bond acceptors (Lipinski definition) is 2. The van der Waals surface area contributed by atoms with Gasteiger partial charge in [0.25, 0.3) is 0 Å². The lowest BCUT2D eigenvalue weighted by atomic mass is 9.91. The average Bonchev–Trinajstić information content (AvgIpc) is 3.41. The van der Waals surface area contributed by atoms with Gasteiger partial charge < -0.3 is 9.47 Å². The maximum Gasteiger partial charge on any atom is 0.0850 e. The smallest absolute Gasteiger partial charge is 0.0850 e. The van der Waals surface area contributed by atoms with Crippen molar-refractivity contribution in [1.29, 1.82) is 0 Å². The Bertz CT molecular complexity index is 712. The summed E-state index contributed by atoms with van der Waals surface area (Å²) in [5.41, 5.74) is 8.85. The van der Waals surface area contributed by atoms with E-state index in [-0.39, 0.29) is 0 Å². The molecule has 0 saturated carbocycles. The normalized spacial score (nSPS) is 24.6. The van der Waals surface area contributed by atoms with Crippen LogP contribution in [0.5, 0.6) is 0 Å². The Hall–Kier alpha value is -1.64. The minimum absolute atomic E-state index is 0.444. The van der Waals surface area contributed by atoms with Crippen LogP contribution in [0, 0.1) is 0 Å². The topological polar surface area (TPSA) is 25.1 Å². The summed E-state index contributed by atoms with van der Waals surface area (Å²) in [6.07, 6.45) is 4.10. The zero-order valence-corrected chi connectivity index (χ0v) is 12.0. The van der Waals surface area contributed by atoms with E-state index in [0.717, 1.165) is 32.5 Å². The second kappa shape index (κ2) is 4.43. The molecule has 0 amide bonds. The van der Waals surface area contributed by atoms with Gasteiger partial charge in [0.15, 0.2) is 0 Å². The summed E-state index contributed by atoms with van der Waals surface area (Å²) in [5, 5.41) is 0. The van der Waals surface area contributed by atoms with Crippen LogP contribution < -0.4 is 0 Å². The van der Waals surface area contributed by atoms with Gasteiger partial charge in [0.2, 0.25) is 0 Å². The van der Waals surface area contributed by atoms with E-state index in [1.54, 1.807) is 0 Å². The van der Waals surface area contributed by atoms with Crippen molar-refractivity contribution in [2.75, 3.05) is 13.2 Å². The fourth-order valence-electron chi connectivity index (χ4n) is 3.61. The van der Waals surface area contributed by atoms with E-state index in [2.05, 4.69) is 36.4 Å². The van der Waals surface area contributed by atoms with Crippen LogP contribution >= 0.6 is 0 Å². The Balaban J connectivity index is 1.61. The second-order valence-electron chi connectivity index (χ2n) is 6.38.